The quantitative estimate of drug-likeness (QED) is 0.690. The van der Waals surface area contributed by atoms with Gasteiger partial charge in [0, 0.05) is 22.9 Å². The minimum absolute atomic E-state index is 0.0749. The number of hydrogen-bond donors (Lipinski definition) is 2. The predicted octanol–water partition coefficient (Wildman–Crippen LogP) is 5.25. The molecule has 0 atom stereocenters. The van der Waals surface area contributed by atoms with Crippen molar-refractivity contribution in [1.82, 2.24) is 0 Å². The van der Waals surface area contributed by atoms with E-state index in [4.69, 9.17) is 4.74 Å². The molecule has 5 nitrogen and oxygen atoms in total. The van der Waals surface area contributed by atoms with E-state index < -0.39 is 0 Å². The Morgan fingerprint density at radius 1 is 0.964 bits per heavy atom. The van der Waals surface area contributed by atoms with Crippen LogP contribution < -0.4 is 15.4 Å². The fourth-order valence-corrected chi connectivity index (χ4v) is 3.41. The Morgan fingerprint density at radius 3 is 2.32 bits per heavy atom. The van der Waals surface area contributed by atoms with Crippen LogP contribution in [0.3, 0.4) is 0 Å². The lowest BCUT2D eigenvalue weighted by molar-refractivity contribution is -0.120. The van der Waals surface area contributed by atoms with Gasteiger partial charge in [0.05, 0.1) is 6.61 Å². The summed E-state index contributed by atoms with van der Waals surface area (Å²) in [5.74, 6) is 0.731. The van der Waals surface area contributed by atoms with Crippen LogP contribution in [0.25, 0.3) is 0 Å². The average Bonchev–Trinajstić information content (AvgIpc) is 2.73. The Morgan fingerprint density at radius 2 is 1.64 bits per heavy atom. The molecule has 148 valence electrons. The van der Waals surface area contributed by atoms with E-state index in [9.17, 15) is 9.59 Å². The summed E-state index contributed by atoms with van der Waals surface area (Å²) in [6.07, 6.45) is 6.32. The van der Waals surface area contributed by atoms with Crippen LogP contribution in [0.2, 0.25) is 0 Å². The highest BCUT2D eigenvalue weighted by atomic mass is 16.5. The molecule has 0 unspecified atom stereocenters. The van der Waals surface area contributed by atoms with Crippen molar-refractivity contribution in [3.8, 4) is 5.75 Å². The highest BCUT2D eigenvalue weighted by molar-refractivity contribution is 6.04. The van der Waals surface area contributed by atoms with Gasteiger partial charge in [0.25, 0.3) is 5.91 Å². The summed E-state index contributed by atoms with van der Waals surface area (Å²) >= 11 is 0. The summed E-state index contributed by atoms with van der Waals surface area (Å²) in [7, 11) is 0. The van der Waals surface area contributed by atoms with E-state index in [2.05, 4.69) is 10.6 Å². The second kappa shape index (κ2) is 9.93. The maximum absolute atomic E-state index is 12.5. The van der Waals surface area contributed by atoms with Crippen LogP contribution >= 0.6 is 0 Å². The molecule has 3 rings (SSSR count). The Bertz CT molecular complexity index is 796. The van der Waals surface area contributed by atoms with E-state index in [1.807, 2.05) is 25.1 Å². The van der Waals surface area contributed by atoms with Crippen molar-refractivity contribution in [3.05, 3.63) is 54.1 Å². The van der Waals surface area contributed by atoms with Crippen molar-refractivity contribution in [1.29, 1.82) is 0 Å². The number of hydrogen-bond acceptors (Lipinski definition) is 3. The summed E-state index contributed by atoms with van der Waals surface area (Å²) in [5, 5.41) is 5.87. The molecule has 1 aliphatic carbocycles. The summed E-state index contributed by atoms with van der Waals surface area (Å²) in [6.45, 7) is 2.71. The second-order valence-corrected chi connectivity index (χ2v) is 7.23. The summed E-state index contributed by atoms with van der Waals surface area (Å²) in [6, 6.07) is 14.4. The maximum atomic E-state index is 12.5. The van der Waals surface area contributed by atoms with Gasteiger partial charge in [0.2, 0.25) is 5.91 Å². The summed E-state index contributed by atoms with van der Waals surface area (Å²) in [5.41, 5.74) is 1.91. The lowest BCUT2D eigenvalue weighted by atomic mass is 9.88. The van der Waals surface area contributed by atoms with Crippen LogP contribution in [-0.2, 0) is 4.79 Å². The van der Waals surface area contributed by atoms with Crippen molar-refractivity contribution in [2.24, 2.45) is 5.92 Å². The first-order valence-corrected chi connectivity index (χ1v) is 10.1. The Balaban J connectivity index is 1.58. The number of carbonyl (C=O) groups is 2. The second-order valence-electron chi connectivity index (χ2n) is 7.23. The molecule has 1 saturated carbocycles. The van der Waals surface area contributed by atoms with Gasteiger partial charge in [-0.2, -0.15) is 0 Å². The molecule has 0 radical (unpaired) electrons. The van der Waals surface area contributed by atoms with Crippen LogP contribution in [0, 0.1) is 5.92 Å². The van der Waals surface area contributed by atoms with Crippen molar-refractivity contribution in [2.45, 2.75) is 45.4 Å². The Labute approximate surface area is 166 Å². The van der Waals surface area contributed by atoms with Gasteiger partial charge in [-0.05, 0) is 61.7 Å². The maximum Gasteiger partial charge on any atom is 0.255 e. The van der Waals surface area contributed by atoms with E-state index in [0.717, 1.165) is 37.9 Å². The van der Waals surface area contributed by atoms with Crippen LogP contribution in [0.1, 0.15) is 55.8 Å². The Hall–Kier alpha value is -2.82. The van der Waals surface area contributed by atoms with Crippen LogP contribution in [0.4, 0.5) is 11.4 Å². The van der Waals surface area contributed by atoms with Gasteiger partial charge >= 0.3 is 0 Å². The van der Waals surface area contributed by atoms with Gasteiger partial charge in [-0.3, -0.25) is 9.59 Å². The molecular formula is C23H28N2O3. The van der Waals surface area contributed by atoms with Crippen LogP contribution in [0.15, 0.2) is 48.5 Å². The monoisotopic (exact) mass is 380 g/mol. The van der Waals surface area contributed by atoms with E-state index in [1.165, 1.54) is 6.42 Å². The average molecular weight is 380 g/mol. The number of anilines is 2. The SMILES string of the molecule is CCCOc1ccc(C(=O)Nc2cccc(NC(=O)C3CCCCC3)c2)cc1. The zero-order valence-electron chi connectivity index (χ0n) is 16.4. The van der Waals surface area contributed by atoms with Crippen LogP contribution in [-0.4, -0.2) is 18.4 Å². The normalized spacial score (nSPS) is 14.3. The molecular weight excluding hydrogens is 352 g/mol. The summed E-state index contributed by atoms with van der Waals surface area (Å²) < 4.78 is 5.54. The first kappa shape index (κ1) is 19.9. The molecule has 1 aliphatic rings. The number of nitrogens with one attached hydrogen (secondary N) is 2. The van der Waals surface area contributed by atoms with E-state index in [-0.39, 0.29) is 17.7 Å². The fourth-order valence-electron chi connectivity index (χ4n) is 3.41. The van der Waals surface area contributed by atoms with E-state index in [0.29, 0.717) is 23.5 Å². The van der Waals surface area contributed by atoms with Gasteiger partial charge in [-0.1, -0.05) is 32.3 Å². The van der Waals surface area contributed by atoms with Gasteiger partial charge in [0.15, 0.2) is 0 Å². The largest absolute Gasteiger partial charge is 0.494 e. The molecule has 1 fully saturated rings. The first-order chi connectivity index (χ1) is 13.7. The minimum atomic E-state index is -0.196. The molecule has 28 heavy (non-hydrogen) atoms. The molecule has 5 heteroatoms. The van der Waals surface area contributed by atoms with Crippen molar-refractivity contribution in [3.63, 3.8) is 0 Å². The zero-order chi connectivity index (χ0) is 19.8. The molecule has 0 aromatic heterocycles. The lowest BCUT2D eigenvalue weighted by Crippen LogP contribution is -2.24. The standard InChI is InChI=1S/C23H28N2O3/c1-2-15-28-21-13-11-18(12-14-21)23(27)25-20-10-6-9-19(16-20)24-22(26)17-7-4-3-5-8-17/h6,9-14,16-17H,2-5,7-8,15H2,1H3,(H,24,26)(H,25,27). The van der Waals surface area contributed by atoms with Gasteiger partial charge < -0.3 is 15.4 Å². The van der Waals surface area contributed by atoms with E-state index in [1.54, 1.807) is 30.3 Å². The van der Waals surface area contributed by atoms with Gasteiger partial charge in [-0.25, -0.2) is 0 Å². The highest BCUT2D eigenvalue weighted by Crippen LogP contribution is 2.25. The third-order valence-corrected chi connectivity index (χ3v) is 4.95. The topological polar surface area (TPSA) is 67.4 Å². The molecule has 0 heterocycles. The molecule has 2 aromatic rings. The van der Waals surface area contributed by atoms with Gasteiger partial charge in [-0.15, -0.1) is 0 Å². The smallest absolute Gasteiger partial charge is 0.255 e. The van der Waals surface area contributed by atoms with Crippen molar-refractivity contribution in [2.75, 3.05) is 17.2 Å². The lowest BCUT2D eigenvalue weighted by Gasteiger charge is -2.20. The number of benzene rings is 2. The number of carbonyl (C=O) groups excluding carboxylic acids is 2. The zero-order valence-corrected chi connectivity index (χ0v) is 16.4. The van der Waals surface area contributed by atoms with Crippen molar-refractivity contribution >= 4 is 23.2 Å². The third-order valence-electron chi connectivity index (χ3n) is 4.95. The number of rotatable bonds is 7. The molecule has 2 amide bonds. The number of ether oxygens (including phenoxy) is 1. The van der Waals surface area contributed by atoms with Crippen LogP contribution in [0.5, 0.6) is 5.75 Å². The Kier molecular flexibility index (Phi) is 7.06. The van der Waals surface area contributed by atoms with Crippen molar-refractivity contribution < 1.29 is 14.3 Å². The highest BCUT2D eigenvalue weighted by Gasteiger charge is 2.21. The number of amides is 2. The molecule has 0 bridgehead atoms. The fraction of sp³-hybridized carbons (Fsp3) is 0.391. The van der Waals surface area contributed by atoms with Gasteiger partial charge in [0.1, 0.15) is 5.75 Å². The molecule has 0 spiro atoms. The molecule has 2 aromatic carbocycles. The predicted molar refractivity (Wildman–Crippen MR) is 112 cm³/mol. The molecule has 2 N–H and O–H groups in total. The molecule has 0 saturated heterocycles. The minimum Gasteiger partial charge on any atom is -0.494 e. The first-order valence-electron chi connectivity index (χ1n) is 10.1. The third kappa shape index (κ3) is 5.59. The molecule has 0 aliphatic heterocycles. The summed E-state index contributed by atoms with van der Waals surface area (Å²) in [4.78, 5) is 24.9. The van der Waals surface area contributed by atoms with E-state index >= 15 is 0 Å².